The molecule has 0 spiro atoms. The minimum absolute atomic E-state index is 0.0395. The van der Waals surface area contributed by atoms with E-state index in [0.717, 1.165) is 12.3 Å². The number of aliphatic hydroxyl groups is 1. The van der Waals surface area contributed by atoms with Crippen LogP contribution in [0, 0.1) is 5.41 Å². The molecular weight excluding hydrogens is 218 g/mol. The lowest BCUT2D eigenvalue weighted by atomic mass is 9.94. The number of nitrogens with one attached hydrogen (secondary N) is 1. The number of fused-ring (bicyclic) bond motifs is 1. The minimum Gasteiger partial charge on any atom is -0.396 e. The Balaban J connectivity index is 1.99. The Labute approximate surface area is 101 Å². The molecule has 0 saturated carbocycles. The molecule has 0 aromatic heterocycles. The lowest BCUT2D eigenvalue weighted by Crippen LogP contribution is -2.34. The van der Waals surface area contributed by atoms with Crippen molar-refractivity contribution < 1.29 is 5.11 Å². The third kappa shape index (κ3) is 2.59. The van der Waals surface area contributed by atoms with Gasteiger partial charge in [-0.25, -0.2) is 0 Å². The second-order valence-electron chi connectivity index (χ2n) is 5.10. The van der Waals surface area contributed by atoms with E-state index in [1.807, 2.05) is 11.8 Å². The topological polar surface area (TPSA) is 32.3 Å². The standard InChI is InChI=1S/C13H19NOS/c1-13(2,9-15)8-14-11-7-16-12-6-4-3-5-10(11)12/h3-6,11,14-15H,7-9H2,1-2H3. The second-order valence-corrected chi connectivity index (χ2v) is 6.17. The van der Waals surface area contributed by atoms with Gasteiger partial charge in [0.15, 0.2) is 0 Å². The highest BCUT2D eigenvalue weighted by molar-refractivity contribution is 7.99. The molecule has 1 aromatic carbocycles. The first-order chi connectivity index (χ1) is 7.62. The molecule has 3 heteroatoms. The molecule has 0 amide bonds. The van der Waals surface area contributed by atoms with Gasteiger partial charge in [-0.1, -0.05) is 32.0 Å². The summed E-state index contributed by atoms with van der Waals surface area (Å²) < 4.78 is 0. The van der Waals surface area contributed by atoms with Gasteiger partial charge in [-0.3, -0.25) is 0 Å². The van der Waals surface area contributed by atoms with Crippen LogP contribution in [0.1, 0.15) is 25.5 Å². The Morgan fingerprint density at radius 2 is 2.19 bits per heavy atom. The Morgan fingerprint density at radius 1 is 1.44 bits per heavy atom. The number of rotatable bonds is 4. The lowest BCUT2D eigenvalue weighted by molar-refractivity contribution is 0.154. The molecule has 0 fully saturated rings. The highest BCUT2D eigenvalue weighted by atomic mass is 32.2. The fourth-order valence-corrected chi connectivity index (χ4v) is 2.98. The molecule has 2 rings (SSSR count). The van der Waals surface area contributed by atoms with Crippen LogP contribution in [0.15, 0.2) is 29.2 Å². The average Bonchev–Trinajstić information content (AvgIpc) is 2.70. The van der Waals surface area contributed by atoms with E-state index in [9.17, 15) is 5.11 Å². The first-order valence-corrected chi connectivity index (χ1v) is 6.67. The Kier molecular flexibility index (Phi) is 3.57. The van der Waals surface area contributed by atoms with E-state index in [4.69, 9.17) is 0 Å². The molecular formula is C13H19NOS. The van der Waals surface area contributed by atoms with Crippen molar-refractivity contribution in [1.82, 2.24) is 5.32 Å². The fraction of sp³-hybridized carbons (Fsp3) is 0.538. The van der Waals surface area contributed by atoms with E-state index in [2.05, 4.69) is 43.4 Å². The molecule has 1 aliphatic heterocycles. The summed E-state index contributed by atoms with van der Waals surface area (Å²) >= 11 is 1.91. The Hall–Kier alpha value is -0.510. The molecule has 0 aliphatic carbocycles. The number of benzene rings is 1. The Bertz CT molecular complexity index is 365. The molecule has 1 unspecified atom stereocenters. The molecule has 2 N–H and O–H groups in total. The van der Waals surface area contributed by atoms with Crippen LogP contribution in [-0.2, 0) is 0 Å². The maximum absolute atomic E-state index is 9.22. The average molecular weight is 237 g/mol. The van der Waals surface area contributed by atoms with E-state index in [1.54, 1.807) is 0 Å². The zero-order valence-corrected chi connectivity index (χ0v) is 10.7. The predicted molar refractivity (Wildman–Crippen MR) is 68.8 cm³/mol. The number of hydrogen-bond acceptors (Lipinski definition) is 3. The SMILES string of the molecule is CC(C)(CO)CNC1CSc2ccccc21. The predicted octanol–water partition coefficient (Wildman–Crippen LogP) is 2.44. The Morgan fingerprint density at radius 3 is 2.94 bits per heavy atom. The summed E-state index contributed by atoms with van der Waals surface area (Å²) in [5.41, 5.74) is 1.36. The van der Waals surface area contributed by atoms with E-state index in [-0.39, 0.29) is 12.0 Å². The van der Waals surface area contributed by atoms with Crippen LogP contribution in [0.5, 0.6) is 0 Å². The number of thioether (sulfide) groups is 1. The normalized spacial score (nSPS) is 19.8. The zero-order chi connectivity index (χ0) is 11.6. The van der Waals surface area contributed by atoms with Crippen LogP contribution in [0.2, 0.25) is 0 Å². The van der Waals surface area contributed by atoms with Crippen molar-refractivity contribution >= 4 is 11.8 Å². The maximum Gasteiger partial charge on any atom is 0.0494 e. The van der Waals surface area contributed by atoms with E-state index in [0.29, 0.717) is 6.04 Å². The molecule has 0 bridgehead atoms. The van der Waals surface area contributed by atoms with E-state index in [1.165, 1.54) is 10.5 Å². The van der Waals surface area contributed by atoms with Crippen molar-refractivity contribution in [2.75, 3.05) is 18.9 Å². The summed E-state index contributed by atoms with van der Waals surface area (Å²) in [5.74, 6) is 1.10. The quantitative estimate of drug-likeness (QED) is 0.843. The van der Waals surface area contributed by atoms with Gasteiger partial charge in [0.1, 0.15) is 0 Å². The summed E-state index contributed by atoms with van der Waals surface area (Å²) in [6.07, 6.45) is 0. The molecule has 1 heterocycles. The summed E-state index contributed by atoms with van der Waals surface area (Å²) in [6, 6.07) is 8.99. The largest absolute Gasteiger partial charge is 0.396 e. The van der Waals surface area contributed by atoms with Crippen molar-refractivity contribution in [1.29, 1.82) is 0 Å². The van der Waals surface area contributed by atoms with Gasteiger partial charge < -0.3 is 10.4 Å². The molecule has 88 valence electrons. The van der Waals surface area contributed by atoms with Gasteiger partial charge in [-0.2, -0.15) is 0 Å². The van der Waals surface area contributed by atoms with Crippen molar-refractivity contribution in [3.63, 3.8) is 0 Å². The molecule has 1 aromatic rings. The fourth-order valence-electron chi connectivity index (χ4n) is 1.79. The maximum atomic E-state index is 9.22. The minimum atomic E-state index is -0.0395. The van der Waals surface area contributed by atoms with Gasteiger partial charge in [-0.15, -0.1) is 11.8 Å². The van der Waals surface area contributed by atoms with Crippen LogP contribution in [0.4, 0.5) is 0 Å². The van der Waals surface area contributed by atoms with Crippen LogP contribution in [0.25, 0.3) is 0 Å². The smallest absolute Gasteiger partial charge is 0.0494 e. The second kappa shape index (κ2) is 4.78. The third-order valence-electron chi connectivity index (χ3n) is 2.95. The van der Waals surface area contributed by atoms with Crippen LogP contribution < -0.4 is 5.32 Å². The van der Waals surface area contributed by atoms with E-state index < -0.39 is 0 Å². The summed E-state index contributed by atoms with van der Waals surface area (Å²) in [4.78, 5) is 1.39. The summed E-state index contributed by atoms with van der Waals surface area (Å²) in [5, 5.41) is 12.8. The molecule has 0 radical (unpaired) electrons. The van der Waals surface area contributed by atoms with Crippen LogP contribution >= 0.6 is 11.8 Å². The van der Waals surface area contributed by atoms with Crippen LogP contribution in [0.3, 0.4) is 0 Å². The number of aliphatic hydroxyl groups excluding tert-OH is 1. The van der Waals surface area contributed by atoms with Gasteiger partial charge in [-0.05, 0) is 11.6 Å². The van der Waals surface area contributed by atoms with Crippen molar-refractivity contribution in [3.05, 3.63) is 29.8 Å². The first kappa shape index (κ1) is 12.0. The van der Waals surface area contributed by atoms with Gasteiger partial charge in [0.05, 0.1) is 0 Å². The van der Waals surface area contributed by atoms with Gasteiger partial charge in [0, 0.05) is 35.3 Å². The molecule has 16 heavy (non-hydrogen) atoms. The monoisotopic (exact) mass is 237 g/mol. The van der Waals surface area contributed by atoms with Crippen LogP contribution in [-0.4, -0.2) is 24.0 Å². The number of hydrogen-bond donors (Lipinski definition) is 2. The lowest BCUT2D eigenvalue weighted by Gasteiger charge is -2.24. The first-order valence-electron chi connectivity index (χ1n) is 5.68. The molecule has 0 saturated heterocycles. The van der Waals surface area contributed by atoms with Gasteiger partial charge in [0.2, 0.25) is 0 Å². The third-order valence-corrected chi connectivity index (χ3v) is 4.14. The summed E-state index contributed by atoms with van der Waals surface area (Å²) in [7, 11) is 0. The van der Waals surface area contributed by atoms with Crippen molar-refractivity contribution in [2.24, 2.45) is 5.41 Å². The van der Waals surface area contributed by atoms with Crippen molar-refractivity contribution in [2.45, 2.75) is 24.8 Å². The molecule has 1 aliphatic rings. The van der Waals surface area contributed by atoms with Gasteiger partial charge >= 0.3 is 0 Å². The molecule has 2 nitrogen and oxygen atoms in total. The van der Waals surface area contributed by atoms with E-state index >= 15 is 0 Å². The molecule has 1 atom stereocenters. The zero-order valence-electron chi connectivity index (χ0n) is 9.86. The van der Waals surface area contributed by atoms with Gasteiger partial charge in [0.25, 0.3) is 0 Å². The highest BCUT2D eigenvalue weighted by Crippen LogP contribution is 2.37. The van der Waals surface area contributed by atoms with Crippen molar-refractivity contribution in [3.8, 4) is 0 Å². The summed E-state index contributed by atoms with van der Waals surface area (Å²) in [6.45, 7) is 5.23. The highest BCUT2D eigenvalue weighted by Gasteiger charge is 2.24.